The first-order valence-electron chi connectivity index (χ1n) is 9.23. The second-order valence-electron chi connectivity index (χ2n) is 7.06. The molecule has 4 rings (SSSR count). The summed E-state index contributed by atoms with van der Waals surface area (Å²) in [4.78, 5) is 13.8. The van der Waals surface area contributed by atoms with E-state index in [0.29, 0.717) is 18.6 Å². The fourth-order valence-corrected chi connectivity index (χ4v) is 4.36. The zero-order valence-corrected chi connectivity index (χ0v) is 16.7. The van der Waals surface area contributed by atoms with Crippen molar-refractivity contribution in [2.75, 3.05) is 36.5 Å². The second kappa shape index (κ2) is 7.70. The fourth-order valence-electron chi connectivity index (χ4n) is 3.69. The molecule has 6 nitrogen and oxygen atoms in total. The molecule has 1 N–H and O–H groups in total. The van der Waals surface area contributed by atoms with Crippen molar-refractivity contribution in [2.45, 2.75) is 25.9 Å². The van der Waals surface area contributed by atoms with Crippen molar-refractivity contribution in [3.63, 3.8) is 0 Å². The fraction of sp³-hybridized carbons (Fsp3) is 0.400. The van der Waals surface area contributed by atoms with Crippen molar-refractivity contribution >= 4 is 28.5 Å². The summed E-state index contributed by atoms with van der Waals surface area (Å²) in [5.74, 6) is 1.81. The van der Waals surface area contributed by atoms with Crippen molar-refractivity contribution in [1.29, 1.82) is 0 Å². The predicted molar refractivity (Wildman–Crippen MR) is 111 cm³/mol. The average molecular weight is 384 g/mol. The minimum atomic E-state index is 0.476. The van der Waals surface area contributed by atoms with Crippen LogP contribution in [0.1, 0.15) is 18.9 Å². The maximum absolute atomic E-state index is 5.47. The van der Waals surface area contributed by atoms with E-state index in [4.69, 9.17) is 9.72 Å². The third kappa shape index (κ3) is 3.84. The van der Waals surface area contributed by atoms with Crippen LogP contribution in [0.2, 0.25) is 0 Å². The monoisotopic (exact) mass is 383 g/mol. The number of pyridine rings is 1. The van der Waals surface area contributed by atoms with Gasteiger partial charge in [-0.05, 0) is 38.1 Å². The first-order chi connectivity index (χ1) is 13.1. The number of hydrogen-bond donors (Lipinski definition) is 1. The van der Waals surface area contributed by atoms with Gasteiger partial charge in [0.15, 0.2) is 0 Å². The van der Waals surface area contributed by atoms with Crippen molar-refractivity contribution < 1.29 is 4.74 Å². The molecule has 0 aromatic carbocycles. The molecule has 1 fully saturated rings. The molecule has 2 aromatic rings. The van der Waals surface area contributed by atoms with Gasteiger partial charge in [-0.15, -0.1) is 11.3 Å². The van der Waals surface area contributed by atoms with Crippen LogP contribution in [-0.2, 0) is 4.74 Å². The zero-order valence-electron chi connectivity index (χ0n) is 15.9. The van der Waals surface area contributed by atoms with Crippen molar-refractivity contribution in [3.8, 4) is 0 Å². The first kappa shape index (κ1) is 18.0. The van der Waals surface area contributed by atoms with Crippen LogP contribution in [0.5, 0.6) is 0 Å². The third-order valence-corrected chi connectivity index (χ3v) is 5.67. The van der Waals surface area contributed by atoms with Crippen LogP contribution >= 0.6 is 11.3 Å². The number of nitrogens with one attached hydrogen (secondary N) is 1. The Hall–Kier alpha value is -2.38. The smallest absolute Gasteiger partial charge is 0.139 e. The Morgan fingerprint density at radius 2 is 1.96 bits per heavy atom. The highest BCUT2D eigenvalue weighted by Gasteiger charge is 2.24. The number of methoxy groups -OCH3 is 1. The van der Waals surface area contributed by atoms with Crippen molar-refractivity contribution in [1.82, 2.24) is 15.3 Å². The standard InChI is InChI=1S/C20H25N5OS/c1-14-11-24(12-15(2)23-14)16-4-7-19(22-10-16)25-13-17(26-3)5-6-18(25)20-21-8-9-27-20/h4-10,14-15,23H,11-13H2,1-3H3. The molecule has 0 spiro atoms. The van der Waals surface area contributed by atoms with E-state index in [9.17, 15) is 0 Å². The number of ether oxygens (including phenoxy) is 1. The molecule has 2 aliphatic rings. The molecule has 7 heteroatoms. The summed E-state index contributed by atoms with van der Waals surface area (Å²) in [7, 11) is 1.70. The Labute approximate surface area is 164 Å². The van der Waals surface area contributed by atoms with Gasteiger partial charge in [0.25, 0.3) is 0 Å². The topological polar surface area (TPSA) is 53.5 Å². The van der Waals surface area contributed by atoms with Gasteiger partial charge < -0.3 is 19.9 Å². The van der Waals surface area contributed by atoms with Crippen LogP contribution in [0.15, 0.2) is 47.8 Å². The van der Waals surface area contributed by atoms with Crippen molar-refractivity contribution in [3.05, 3.63) is 52.8 Å². The van der Waals surface area contributed by atoms with E-state index in [0.717, 1.165) is 35.4 Å². The first-order valence-corrected chi connectivity index (χ1v) is 10.1. The maximum Gasteiger partial charge on any atom is 0.139 e. The van der Waals surface area contributed by atoms with E-state index in [1.54, 1.807) is 18.4 Å². The molecule has 142 valence electrons. The summed E-state index contributed by atoms with van der Waals surface area (Å²) in [6, 6.07) is 5.21. The van der Waals surface area contributed by atoms with E-state index >= 15 is 0 Å². The lowest BCUT2D eigenvalue weighted by molar-refractivity contribution is 0.286. The molecule has 27 heavy (non-hydrogen) atoms. The van der Waals surface area contributed by atoms with E-state index in [2.05, 4.69) is 52.2 Å². The van der Waals surface area contributed by atoms with Crippen LogP contribution in [0.3, 0.4) is 0 Å². The number of thiazole rings is 1. The Morgan fingerprint density at radius 3 is 2.59 bits per heavy atom. The molecule has 0 amide bonds. The Bertz CT molecular complexity index is 821. The van der Waals surface area contributed by atoms with E-state index < -0.39 is 0 Å². The third-order valence-electron chi connectivity index (χ3n) is 4.88. The van der Waals surface area contributed by atoms with Gasteiger partial charge in [-0.1, -0.05) is 0 Å². The number of piperazine rings is 1. The SMILES string of the molecule is COC1=CC=C(c2nccs2)N(c2ccc(N3CC(C)NC(C)C3)cn2)C1. The van der Waals surface area contributed by atoms with E-state index in [1.807, 2.05) is 23.8 Å². The van der Waals surface area contributed by atoms with E-state index in [1.165, 1.54) is 5.69 Å². The Balaban J connectivity index is 1.59. The number of aromatic nitrogens is 2. The Kier molecular flexibility index (Phi) is 5.13. The summed E-state index contributed by atoms with van der Waals surface area (Å²) in [6.07, 6.45) is 7.86. The van der Waals surface area contributed by atoms with Gasteiger partial charge in [0.05, 0.1) is 31.2 Å². The summed E-state index contributed by atoms with van der Waals surface area (Å²) in [6.45, 7) is 7.09. The van der Waals surface area contributed by atoms with Gasteiger partial charge in [-0.3, -0.25) is 0 Å². The summed E-state index contributed by atoms with van der Waals surface area (Å²) < 4.78 is 5.47. The largest absolute Gasteiger partial charge is 0.499 e. The zero-order chi connectivity index (χ0) is 18.8. The molecule has 2 unspecified atom stereocenters. The highest BCUT2D eigenvalue weighted by atomic mass is 32.1. The molecule has 2 aromatic heterocycles. The van der Waals surface area contributed by atoms with Gasteiger partial charge in [0.1, 0.15) is 16.6 Å². The highest BCUT2D eigenvalue weighted by Crippen LogP contribution is 2.31. The van der Waals surface area contributed by atoms with Crippen molar-refractivity contribution in [2.24, 2.45) is 0 Å². The molecule has 0 bridgehead atoms. The van der Waals surface area contributed by atoms with Gasteiger partial charge in [0.2, 0.25) is 0 Å². The maximum atomic E-state index is 5.47. The van der Waals surface area contributed by atoms with Crippen LogP contribution in [0.4, 0.5) is 11.5 Å². The molecule has 4 heterocycles. The molecule has 0 aliphatic carbocycles. The van der Waals surface area contributed by atoms with Crippen LogP contribution < -0.4 is 15.1 Å². The number of hydrogen-bond acceptors (Lipinski definition) is 7. The minimum Gasteiger partial charge on any atom is -0.499 e. The number of anilines is 2. The number of allylic oxidation sites excluding steroid dienone is 2. The second-order valence-corrected chi connectivity index (χ2v) is 7.96. The Morgan fingerprint density at radius 1 is 1.15 bits per heavy atom. The summed E-state index contributed by atoms with van der Waals surface area (Å²) >= 11 is 1.63. The minimum absolute atomic E-state index is 0.476. The van der Waals surface area contributed by atoms with Gasteiger partial charge >= 0.3 is 0 Å². The van der Waals surface area contributed by atoms with Crippen LogP contribution in [0, 0.1) is 0 Å². The van der Waals surface area contributed by atoms with Crippen LogP contribution in [0.25, 0.3) is 5.70 Å². The lowest BCUT2D eigenvalue weighted by atomic mass is 10.1. The lowest BCUT2D eigenvalue weighted by Crippen LogP contribution is -2.54. The summed E-state index contributed by atoms with van der Waals surface area (Å²) in [5, 5.41) is 6.55. The average Bonchev–Trinajstić information content (AvgIpc) is 3.21. The highest BCUT2D eigenvalue weighted by molar-refractivity contribution is 7.10. The number of nitrogens with zero attached hydrogens (tertiary/aromatic N) is 4. The predicted octanol–water partition coefficient (Wildman–Crippen LogP) is 3.12. The number of rotatable bonds is 4. The molecule has 0 radical (unpaired) electrons. The molecule has 2 aliphatic heterocycles. The van der Waals surface area contributed by atoms with Gasteiger partial charge in [-0.25, -0.2) is 9.97 Å². The quantitative estimate of drug-likeness (QED) is 0.876. The molecular formula is C20H25N5OS. The lowest BCUT2D eigenvalue weighted by Gasteiger charge is -2.37. The van der Waals surface area contributed by atoms with Gasteiger partial charge in [0, 0.05) is 36.8 Å². The normalized spacial score (nSPS) is 23.1. The molecule has 0 saturated carbocycles. The molecule has 1 saturated heterocycles. The van der Waals surface area contributed by atoms with Gasteiger partial charge in [-0.2, -0.15) is 0 Å². The molecule has 2 atom stereocenters. The van der Waals surface area contributed by atoms with E-state index in [-0.39, 0.29) is 0 Å². The summed E-state index contributed by atoms with van der Waals surface area (Å²) in [5.41, 5.74) is 2.22. The molecular weight excluding hydrogens is 358 g/mol. The van der Waals surface area contributed by atoms with Crippen LogP contribution in [-0.4, -0.2) is 48.8 Å².